The van der Waals surface area contributed by atoms with Crippen LogP contribution in [0.5, 0.6) is 0 Å². The molecular weight excluding hydrogens is 607 g/mol. The summed E-state index contributed by atoms with van der Waals surface area (Å²) in [4.78, 5) is 2.38. The third-order valence-electron chi connectivity index (χ3n) is 9.50. The molecule has 0 bridgehead atoms. The van der Waals surface area contributed by atoms with Crippen LogP contribution >= 0.6 is 0 Å². The summed E-state index contributed by atoms with van der Waals surface area (Å²) in [6, 6.07) is 71.1. The Hall–Kier alpha value is -6.64. The van der Waals surface area contributed by atoms with Crippen LogP contribution in [0.25, 0.3) is 66.4 Å². The zero-order valence-electron chi connectivity index (χ0n) is 27.4. The number of fused-ring (bicyclic) bond motifs is 3. The van der Waals surface area contributed by atoms with Crippen LogP contribution in [0.15, 0.2) is 205 Å². The van der Waals surface area contributed by atoms with E-state index in [0.717, 1.165) is 50.1 Å². The maximum absolute atomic E-state index is 6.38. The highest BCUT2D eigenvalue weighted by molar-refractivity contribution is 6.14. The van der Waals surface area contributed by atoms with Gasteiger partial charge in [0.1, 0.15) is 11.2 Å². The number of rotatable bonds is 7. The SMILES string of the molecule is c1ccc(-c2ccc(-c3ccccc3-c3ccccc3N(c3ccccc3)c3cccc4oc5ccccc5c34)c(-c3ccccc3)c2)cc1. The Morgan fingerprint density at radius 3 is 1.62 bits per heavy atom. The standard InChI is InChI=1S/C48H33NO/c1-4-17-34(18-5-1)36-31-32-40(43(33-36)35-19-6-2-7-20-35)38-23-10-11-24-39(38)41-25-12-14-27-44(41)49(37-21-8-3-9-22-37)45-28-16-30-47-48(45)42-26-13-15-29-46(42)50-47/h1-33H. The highest BCUT2D eigenvalue weighted by atomic mass is 16.3. The predicted octanol–water partition coefficient (Wildman–Crippen LogP) is 13.7. The molecule has 8 aromatic carbocycles. The molecule has 236 valence electrons. The van der Waals surface area contributed by atoms with E-state index in [1.165, 1.54) is 33.4 Å². The average Bonchev–Trinajstić information content (AvgIpc) is 3.59. The van der Waals surface area contributed by atoms with Crippen LogP contribution in [-0.4, -0.2) is 0 Å². The average molecular weight is 640 g/mol. The maximum atomic E-state index is 6.38. The molecule has 0 aliphatic carbocycles. The lowest BCUT2D eigenvalue weighted by molar-refractivity contribution is 0.669. The van der Waals surface area contributed by atoms with Crippen molar-refractivity contribution in [3.05, 3.63) is 200 Å². The van der Waals surface area contributed by atoms with Gasteiger partial charge in [-0.05, 0) is 81.4 Å². The largest absolute Gasteiger partial charge is 0.456 e. The quantitative estimate of drug-likeness (QED) is 0.173. The minimum absolute atomic E-state index is 0.869. The van der Waals surface area contributed by atoms with Crippen LogP contribution in [0.4, 0.5) is 17.1 Å². The summed E-state index contributed by atoms with van der Waals surface area (Å²) in [7, 11) is 0. The first-order valence-corrected chi connectivity index (χ1v) is 17.0. The predicted molar refractivity (Wildman–Crippen MR) is 210 cm³/mol. The fourth-order valence-electron chi connectivity index (χ4n) is 7.22. The molecule has 0 unspecified atom stereocenters. The topological polar surface area (TPSA) is 16.4 Å². The Bertz CT molecular complexity index is 2590. The maximum Gasteiger partial charge on any atom is 0.137 e. The fourth-order valence-corrected chi connectivity index (χ4v) is 7.22. The molecule has 0 fully saturated rings. The second-order valence-electron chi connectivity index (χ2n) is 12.5. The molecule has 1 heterocycles. The van der Waals surface area contributed by atoms with Crippen LogP contribution in [-0.2, 0) is 0 Å². The number of benzene rings is 8. The van der Waals surface area contributed by atoms with Gasteiger partial charge in [-0.2, -0.15) is 0 Å². The van der Waals surface area contributed by atoms with Gasteiger partial charge in [0.05, 0.1) is 16.8 Å². The van der Waals surface area contributed by atoms with E-state index in [2.05, 4.69) is 193 Å². The molecule has 50 heavy (non-hydrogen) atoms. The van der Waals surface area contributed by atoms with Crippen LogP contribution < -0.4 is 4.90 Å². The number of hydrogen-bond donors (Lipinski definition) is 0. The van der Waals surface area contributed by atoms with Crippen molar-refractivity contribution in [3.63, 3.8) is 0 Å². The molecule has 0 radical (unpaired) electrons. The van der Waals surface area contributed by atoms with Gasteiger partial charge in [-0.1, -0.05) is 158 Å². The lowest BCUT2D eigenvalue weighted by Crippen LogP contribution is -2.11. The van der Waals surface area contributed by atoms with Crippen molar-refractivity contribution in [3.8, 4) is 44.5 Å². The van der Waals surface area contributed by atoms with Gasteiger partial charge in [0.15, 0.2) is 0 Å². The lowest BCUT2D eigenvalue weighted by Gasteiger charge is -2.29. The Morgan fingerprint density at radius 1 is 0.320 bits per heavy atom. The molecule has 1 aromatic heterocycles. The van der Waals surface area contributed by atoms with E-state index < -0.39 is 0 Å². The van der Waals surface area contributed by atoms with E-state index in [1.807, 2.05) is 12.1 Å². The molecule has 0 saturated heterocycles. The summed E-state index contributed by atoms with van der Waals surface area (Å²) in [5.41, 5.74) is 14.5. The van der Waals surface area contributed by atoms with Crippen LogP contribution in [0.1, 0.15) is 0 Å². The Morgan fingerprint density at radius 2 is 0.860 bits per heavy atom. The van der Waals surface area contributed by atoms with Crippen molar-refractivity contribution >= 4 is 39.0 Å². The second-order valence-corrected chi connectivity index (χ2v) is 12.5. The zero-order valence-corrected chi connectivity index (χ0v) is 27.4. The Labute approximate surface area is 292 Å². The molecule has 0 aliphatic rings. The van der Waals surface area contributed by atoms with Crippen molar-refractivity contribution in [2.45, 2.75) is 0 Å². The summed E-state index contributed by atoms with van der Waals surface area (Å²) in [6.45, 7) is 0. The van der Waals surface area contributed by atoms with Crippen molar-refractivity contribution in [1.29, 1.82) is 0 Å². The summed E-state index contributed by atoms with van der Waals surface area (Å²) in [5.74, 6) is 0. The molecule has 0 spiro atoms. The van der Waals surface area contributed by atoms with Crippen molar-refractivity contribution in [2.75, 3.05) is 4.90 Å². The molecule has 0 N–H and O–H groups in total. The van der Waals surface area contributed by atoms with Crippen LogP contribution in [0.3, 0.4) is 0 Å². The smallest absolute Gasteiger partial charge is 0.137 e. The fraction of sp³-hybridized carbons (Fsp3) is 0. The van der Waals surface area contributed by atoms with Crippen molar-refractivity contribution < 1.29 is 4.42 Å². The van der Waals surface area contributed by atoms with Crippen molar-refractivity contribution in [2.24, 2.45) is 0 Å². The number of furan rings is 1. The van der Waals surface area contributed by atoms with Crippen LogP contribution in [0.2, 0.25) is 0 Å². The first-order chi connectivity index (χ1) is 24.8. The van der Waals surface area contributed by atoms with Gasteiger partial charge in [0.2, 0.25) is 0 Å². The monoisotopic (exact) mass is 639 g/mol. The first-order valence-electron chi connectivity index (χ1n) is 17.0. The van der Waals surface area contributed by atoms with E-state index >= 15 is 0 Å². The molecule has 0 aliphatic heterocycles. The van der Waals surface area contributed by atoms with E-state index in [9.17, 15) is 0 Å². The van der Waals surface area contributed by atoms with E-state index in [4.69, 9.17) is 4.42 Å². The van der Waals surface area contributed by atoms with E-state index in [1.54, 1.807) is 0 Å². The number of para-hydroxylation sites is 3. The van der Waals surface area contributed by atoms with Gasteiger partial charge in [-0.25, -0.2) is 0 Å². The van der Waals surface area contributed by atoms with Crippen LogP contribution in [0, 0.1) is 0 Å². The minimum Gasteiger partial charge on any atom is -0.456 e. The third-order valence-corrected chi connectivity index (χ3v) is 9.50. The third kappa shape index (κ3) is 5.24. The molecule has 9 rings (SSSR count). The number of hydrogen-bond acceptors (Lipinski definition) is 2. The highest BCUT2D eigenvalue weighted by Gasteiger charge is 2.23. The Balaban J connectivity index is 1.28. The Kier molecular flexibility index (Phi) is 7.53. The van der Waals surface area contributed by atoms with Gasteiger partial charge in [0.25, 0.3) is 0 Å². The number of anilines is 3. The normalized spacial score (nSPS) is 11.2. The number of nitrogens with zero attached hydrogens (tertiary/aromatic N) is 1. The molecule has 0 atom stereocenters. The van der Waals surface area contributed by atoms with Gasteiger partial charge < -0.3 is 9.32 Å². The van der Waals surface area contributed by atoms with Gasteiger partial charge in [-0.3, -0.25) is 0 Å². The van der Waals surface area contributed by atoms with Gasteiger partial charge in [0, 0.05) is 16.6 Å². The highest BCUT2D eigenvalue weighted by Crippen LogP contribution is 2.48. The summed E-state index contributed by atoms with van der Waals surface area (Å²) < 4.78 is 6.38. The molecular formula is C48H33NO. The zero-order chi connectivity index (χ0) is 33.3. The van der Waals surface area contributed by atoms with E-state index in [0.29, 0.717) is 0 Å². The molecule has 9 aromatic rings. The van der Waals surface area contributed by atoms with Gasteiger partial charge in [-0.15, -0.1) is 0 Å². The molecule has 2 nitrogen and oxygen atoms in total. The first kappa shape index (κ1) is 29.5. The minimum atomic E-state index is 0.869. The summed E-state index contributed by atoms with van der Waals surface area (Å²) in [5, 5.41) is 2.20. The molecule has 2 heteroatoms. The van der Waals surface area contributed by atoms with Crippen molar-refractivity contribution in [1.82, 2.24) is 0 Å². The lowest BCUT2D eigenvalue weighted by atomic mass is 9.87. The summed E-state index contributed by atoms with van der Waals surface area (Å²) >= 11 is 0. The molecule has 0 amide bonds. The second kappa shape index (κ2) is 12.8. The van der Waals surface area contributed by atoms with Gasteiger partial charge >= 0.3 is 0 Å². The summed E-state index contributed by atoms with van der Waals surface area (Å²) in [6.07, 6.45) is 0. The van der Waals surface area contributed by atoms with E-state index in [-0.39, 0.29) is 0 Å². The molecule has 0 saturated carbocycles.